The van der Waals surface area contributed by atoms with Crippen LogP contribution in [0.15, 0.2) is 18.3 Å². The van der Waals surface area contributed by atoms with Crippen molar-refractivity contribution < 1.29 is 19.4 Å². The second kappa shape index (κ2) is 4.58. The van der Waals surface area contributed by atoms with Gasteiger partial charge in [0.15, 0.2) is 0 Å². The highest BCUT2D eigenvalue weighted by Gasteiger charge is 2.57. The number of hydrogen-bond donors (Lipinski definition) is 1. The topological polar surface area (TPSA) is 68.7 Å². The van der Waals surface area contributed by atoms with E-state index in [1.54, 1.807) is 6.20 Å². The first-order chi connectivity index (χ1) is 9.11. The van der Waals surface area contributed by atoms with Crippen LogP contribution in [0, 0.1) is 12.8 Å². The molecule has 2 aliphatic rings. The summed E-state index contributed by atoms with van der Waals surface area (Å²) in [5.41, 5.74) is 1.94. The van der Waals surface area contributed by atoms with Crippen molar-refractivity contribution in [3.05, 3.63) is 29.6 Å². The molecule has 0 radical (unpaired) electrons. The summed E-state index contributed by atoms with van der Waals surface area (Å²) < 4.78 is 10.6. The lowest BCUT2D eigenvalue weighted by Gasteiger charge is -2.29. The van der Waals surface area contributed by atoms with E-state index in [2.05, 4.69) is 4.98 Å². The van der Waals surface area contributed by atoms with Crippen molar-refractivity contribution in [3.8, 4) is 0 Å². The zero-order valence-corrected chi connectivity index (χ0v) is 10.9. The maximum atomic E-state index is 12.0. The molecule has 2 aliphatic heterocycles. The molecule has 2 bridgehead atoms. The molecule has 1 aromatic rings. The number of esters is 1. The van der Waals surface area contributed by atoms with Crippen LogP contribution in [-0.2, 0) is 14.3 Å². The van der Waals surface area contributed by atoms with Gasteiger partial charge in [0.05, 0.1) is 31.3 Å². The van der Waals surface area contributed by atoms with Gasteiger partial charge in [-0.1, -0.05) is 0 Å². The Balaban J connectivity index is 1.97. The largest absolute Gasteiger partial charge is 0.469 e. The van der Waals surface area contributed by atoms with E-state index in [0.717, 1.165) is 11.3 Å². The summed E-state index contributed by atoms with van der Waals surface area (Å²) >= 11 is 0. The lowest BCUT2D eigenvalue weighted by molar-refractivity contribution is -0.149. The average Bonchev–Trinajstić information content (AvgIpc) is 2.94. The quantitative estimate of drug-likeness (QED) is 0.799. The van der Waals surface area contributed by atoms with Gasteiger partial charge in [0.1, 0.15) is 0 Å². The maximum absolute atomic E-state index is 12.0. The molecule has 1 aromatic heterocycles. The van der Waals surface area contributed by atoms with Crippen LogP contribution in [0.2, 0.25) is 0 Å². The number of fused-ring (bicyclic) bond motifs is 2. The fraction of sp³-hybridized carbons (Fsp3) is 0.571. The van der Waals surface area contributed by atoms with Crippen molar-refractivity contribution in [2.75, 3.05) is 7.11 Å². The molecule has 5 heteroatoms. The van der Waals surface area contributed by atoms with Crippen molar-refractivity contribution in [3.63, 3.8) is 0 Å². The molecule has 1 N–H and O–H groups in total. The number of pyridine rings is 1. The number of methoxy groups -OCH3 is 1. The Morgan fingerprint density at radius 2 is 2.37 bits per heavy atom. The van der Waals surface area contributed by atoms with Gasteiger partial charge in [0.2, 0.25) is 0 Å². The molecule has 0 unspecified atom stereocenters. The predicted octanol–water partition coefficient (Wildman–Crippen LogP) is 0.795. The summed E-state index contributed by atoms with van der Waals surface area (Å²) in [5, 5.41) is 9.91. The number of aliphatic hydroxyl groups is 1. The van der Waals surface area contributed by atoms with Crippen molar-refractivity contribution in [1.29, 1.82) is 0 Å². The number of aryl methyl sites for hydroxylation is 1. The van der Waals surface area contributed by atoms with Gasteiger partial charge in [-0.25, -0.2) is 0 Å². The van der Waals surface area contributed by atoms with E-state index in [9.17, 15) is 9.90 Å². The van der Waals surface area contributed by atoms with Crippen LogP contribution in [0.5, 0.6) is 0 Å². The standard InChI is InChI=1S/C14H17NO4/c1-7-5-8(3-4-15-7)11-10-6-9(16)13(19-10)12(11)14(17)18-2/h3-5,9-13,16H,6H2,1-2H3/t9-,10+,11+,12+,13-/m1/s1. The van der Waals surface area contributed by atoms with Gasteiger partial charge in [0.25, 0.3) is 0 Å². The second-order valence-corrected chi connectivity index (χ2v) is 5.25. The van der Waals surface area contributed by atoms with Crippen molar-refractivity contribution in [2.24, 2.45) is 5.92 Å². The van der Waals surface area contributed by atoms with Gasteiger partial charge in [-0.15, -0.1) is 0 Å². The molecule has 2 fully saturated rings. The van der Waals surface area contributed by atoms with Gasteiger partial charge in [-0.2, -0.15) is 0 Å². The van der Waals surface area contributed by atoms with E-state index in [-0.39, 0.29) is 18.0 Å². The van der Waals surface area contributed by atoms with Crippen molar-refractivity contribution in [2.45, 2.75) is 37.6 Å². The average molecular weight is 263 g/mol. The molecule has 3 heterocycles. The van der Waals surface area contributed by atoms with E-state index in [1.165, 1.54) is 7.11 Å². The smallest absolute Gasteiger partial charge is 0.312 e. The number of aliphatic hydroxyl groups excluding tert-OH is 1. The highest BCUT2D eigenvalue weighted by Crippen LogP contribution is 2.49. The lowest BCUT2D eigenvalue weighted by Crippen LogP contribution is -2.40. The third-order valence-electron chi connectivity index (χ3n) is 4.11. The minimum Gasteiger partial charge on any atom is -0.469 e. The fourth-order valence-electron chi connectivity index (χ4n) is 3.32. The third kappa shape index (κ3) is 1.93. The van der Waals surface area contributed by atoms with Gasteiger partial charge < -0.3 is 14.6 Å². The third-order valence-corrected chi connectivity index (χ3v) is 4.11. The molecule has 19 heavy (non-hydrogen) atoms. The van der Waals surface area contributed by atoms with Crippen LogP contribution in [-0.4, -0.2) is 41.5 Å². The maximum Gasteiger partial charge on any atom is 0.312 e. The molecule has 2 saturated heterocycles. The summed E-state index contributed by atoms with van der Waals surface area (Å²) in [6, 6.07) is 3.88. The van der Waals surface area contributed by atoms with E-state index in [0.29, 0.717) is 6.42 Å². The van der Waals surface area contributed by atoms with Gasteiger partial charge in [-0.05, 0) is 24.6 Å². The zero-order valence-electron chi connectivity index (χ0n) is 10.9. The van der Waals surface area contributed by atoms with Crippen LogP contribution in [0.4, 0.5) is 0 Å². The first kappa shape index (κ1) is 12.6. The molecular weight excluding hydrogens is 246 g/mol. The highest BCUT2D eigenvalue weighted by atomic mass is 16.5. The minimum absolute atomic E-state index is 0.0532. The fourth-order valence-corrected chi connectivity index (χ4v) is 3.32. The van der Waals surface area contributed by atoms with Crippen LogP contribution < -0.4 is 0 Å². The molecule has 102 valence electrons. The number of hydrogen-bond acceptors (Lipinski definition) is 5. The van der Waals surface area contributed by atoms with E-state index < -0.39 is 18.1 Å². The SMILES string of the molecule is COC(=O)[C@@H]1[C@@H]2O[C@@H](C[C@H]2O)[C@@H]1c1ccnc(C)c1. The Morgan fingerprint density at radius 1 is 1.58 bits per heavy atom. The summed E-state index contributed by atoms with van der Waals surface area (Å²) in [6.07, 6.45) is 1.17. The van der Waals surface area contributed by atoms with Crippen LogP contribution in [0.25, 0.3) is 0 Å². The molecule has 0 spiro atoms. The Bertz CT molecular complexity index is 504. The Morgan fingerprint density at radius 3 is 3.05 bits per heavy atom. The first-order valence-corrected chi connectivity index (χ1v) is 6.45. The van der Waals surface area contributed by atoms with Gasteiger partial charge in [-0.3, -0.25) is 9.78 Å². The van der Waals surface area contributed by atoms with E-state index in [4.69, 9.17) is 9.47 Å². The van der Waals surface area contributed by atoms with E-state index >= 15 is 0 Å². The van der Waals surface area contributed by atoms with Crippen LogP contribution in [0.3, 0.4) is 0 Å². The summed E-state index contributed by atoms with van der Waals surface area (Å²) in [6.45, 7) is 1.92. The number of nitrogens with zero attached hydrogens (tertiary/aromatic N) is 1. The molecule has 0 amide bonds. The zero-order chi connectivity index (χ0) is 13.6. The Labute approximate surface area is 111 Å². The molecule has 5 atom stereocenters. The Kier molecular flexibility index (Phi) is 3.03. The second-order valence-electron chi connectivity index (χ2n) is 5.25. The highest BCUT2D eigenvalue weighted by molar-refractivity contribution is 5.75. The molecule has 3 rings (SSSR count). The predicted molar refractivity (Wildman–Crippen MR) is 66.5 cm³/mol. The molecule has 0 aliphatic carbocycles. The minimum atomic E-state index is -0.576. The Hall–Kier alpha value is -1.46. The van der Waals surface area contributed by atoms with Crippen molar-refractivity contribution >= 4 is 5.97 Å². The molecule has 0 aromatic carbocycles. The number of aromatic nitrogens is 1. The summed E-state index contributed by atoms with van der Waals surface area (Å²) in [7, 11) is 1.37. The van der Waals surface area contributed by atoms with Crippen LogP contribution >= 0.6 is 0 Å². The number of ether oxygens (including phenoxy) is 2. The lowest BCUT2D eigenvalue weighted by atomic mass is 9.74. The first-order valence-electron chi connectivity index (χ1n) is 6.45. The summed E-state index contributed by atoms with van der Waals surface area (Å²) in [5.74, 6) is -0.797. The molecular formula is C14H17NO4. The summed E-state index contributed by atoms with van der Waals surface area (Å²) in [4.78, 5) is 16.2. The monoisotopic (exact) mass is 263 g/mol. The van der Waals surface area contributed by atoms with E-state index in [1.807, 2.05) is 19.1 Å². The number of rotatable bonds is 2. The normalized spacial score (nSPS) is 36.5. The van der Waals surface area contributed by atoms with Crippen LogP contribution in [0.1, 0.15) is 23.6 Å². The number of carbonyl (C=O) groups is 1. The van der Waals surface area contributed by atoms with Gasteiger partial charge >= 0.3 is 5.97 Å². The number of carbonyl (C=O) groups excluding carboxylic acids is 1. The molecule has 0 saturated carbocycles. The van der Waals surface area contributed by atoms with Crippen molar-refractivity contribution in [1.82, 2.24) is 4.98 Å². The molecule has 5 nitrogen and oxygen atoms in total. The van der Waals surface area contributed by atoms with Gasteiger partial charge in [0, 0.05) is 24.2 Å².